The monoisotopic (exact) mass is 200 g/mol. The summed E-state index contributed by atoms with van der Waals surface area (Å²) in [6, 6.07) is 0. The van der Waals surface area contributed by atoms with Crippen molar-refractivity contribution in [2.24, 2.45) is 4.99 Å². The van der Waals surface area contributed by atoms with E-state index in [1.165, 1.54) is 6.08 Å². The molecule has 0 aliphatic carbocycles. The van der Waals surface area contributed by atoms with Gasteiger partial charge in [-0.05, 0) is 11.6 Å². The van der Waals surface area contributed by atoms with Crippen molar-refractivity contribution < 1.29 is 9.32 Å². The van der Waals surface area contributed by atoms with E-state index in [1.807, 2.05) is 20.8 Å². The maximum absolute atomic E-state index is 10.1. The third kappa shape index (κ3) is 1.97. The molecule has 1 heterocycles. The molecule has 0 aliphatic heterocycles. The van der Waals surface area contributed by atoms with E-state index < -0.39 is 0 Å². The van der Waals surface area contributed by atoms with E-state index in [4.69, 9.17) is 16.1 Å². The molecule has 0 radical (unpaired) electrons. The lowest BCUT2D eigenvalue weighted by Gasteiger charge is -2.13. The smallest absolute Gasteiger partial charge is 0.253 e. The van der Waals surface area contributed by atoms with Crippen LogP contribution in [-0.2, 0) is 10.2 Å². The number of isocyanates is 1. The van der Waals surface area contributed by atoms with E-state index >= 15 is 0 Å². The van der Waals surface area contributed by atoms with Crippen LogP contribution in [0.25, 0.3) is 0 Å². The Morgan fingerprint density at radius 2 is 2.15 bits per heavy atom. The summed E-state index contributed by atoms with van der Waals surface area (Å²) in [5.41, 5.74) is 0.566. The molecule has 4 nitrogen and oxygen atoms in total. The number of aliphatic imine (C=N–C) groups is 1. The predicted octanol–water partition coefficient (Wildman–Crippen LogP) is 2.59. The Balaban J connectivity index is 3.30. The average Bonchev–Trinajstić information content (AvgIpc) is 2.32. The fraction of sp³-hybridized carbons (Fsp3) is 0.500. The Bertz CT molecular complexity index is 359. The average molecular weight is 201 g/mol. The molecule has 0 fully saturated rings. The van der Waals surface area contributed by atoms with E-state index in [0.29, 0.717) is 5.69 Å². The van der Waals surface area contributed by atoms with Gasteiger partial charge in [-0.25, -0.2) is 4.79 Å². The lowest BCUT2D eigenvalue weighted by atomic mass is 9.91. The number of hydrogen-bond donors (Lipinski definition) is 0. The Morgan fingerprint density at radius 1 is 1.54 bits per heavy atom. The van der Waals surface area contributed by atoms with Crippen molar-refractivity contribution in [3.8, 4) is 0 Å². The molecular formula is C8H9ClN2O2. The molecule has 0 aromatic carbocycles. The van der Waals surface area contributed by atoms with E-state index in [1.54, 1.807) is 0 Å². The SMILES string of the molecule is CC(C)(C)c1noc(Cl)c1N=C=O. The normalized spacial score (nSPS) is 11.1. The molecule has 1 aromatic heterocycles. The van der Waals surface area contributed by atoms with E-state index in [9.17, 15) is 4.79 Å². The van der Waals surface area contributed by atoms with Crippen molar-refractivity contribution in [3.05, 3.63) is 10.9 Å². The summed E-state index contributed by atoms with van der Waals surface area (Å²) < 4.78 is 4.72. The van der Waals surface area contributed by atoms with Gasteiger partial charge in [-0.3, -0.25) is 0 Å². The number of halogens is 1. The second kappa shape index (κ2) is 3.32. The molecule has 13 heavy (non-hydrogen) atoms. The molecule has 5 heteroatoms. The zero-order chi connectivity index (χ0) is 10.1. The van der Waals surface area contributed by atoms with Crippen LogP contribution in [-0.4, -0.2) is 11.2 Å². The zero-order valence-corrected chi connectivity index (χ0v) is 8.34. The fourth-order valence-electron chi connectivity index (χ4n) is 0.900. The summed E-state index contributed by atoms with van der Waals surface area (Å²) in [4.78, 5) is 13.5. The Kier molecular flexibility index (Phi) is 2.55. The molecule has 70 valence electrons. The third-order valence-electron chi connectivity index (χ3n) is 1.50. The zero-order valence-electron chi connectivity index (χ0n) is 7.59. The van der Waals surface area contributed by atoms with Crippen molar-refractivity contribution in [2.75, 3.05) is 0 Å². The second-order valence-electron chi connectivity index (χ2n) is 3.61. The topological polar surface area (TPSA) is 55.5 Å². The molecule has 0 unspecified atom stereocenters. The van der Waals surface area contributed by atoms with Crippen molar-refractivity contribution in [1.82, 2.24) is 5.16 Å². The number of nitrogens with zero attached hydrogens (tertiary/aromatic N) is 2. The molecule has 0 N–H and O–H groups in total. The van der Waals surface area contributed by atoms with Gasteiger partial charge in [-0.15, -0.1) is 0 Å². The first kappa shape index (κ1) is 9.96. The van der Waals surface area contributed by atoms with Crippen LogP contribution in [0.3, 0.4) is 0 Å². The summed E-state index contributed by atoms with van der Waals surface area (Å²) in [7, 11) is 0. The molecule has 0 spiro atoms. The minimum absolute atomic E-state index is 0.0216. The summed E-state index contributed by atoms with van der Waals surface area (Å²) in [5, 5.41) is 3.75. The summed E-state index contributed by atoms with van der Waals surface area (Å²) >= 11 is 5.63. The van der Waals surface area contributed by atoms with Gasteiger partial charge in [0.1, 0.15) is 5.69 Å². The van der Waals surface area contributed by atoms with Crippen LogP contribution in [0.15, 0.2) is 9.52 Å². The van der Waals surface area contributed by atoms with Gasteiger partial charge in [0.25, 0.3) is 5.22 Å². The first-order valence-corrected chi connectivity index (χ1v) is 4.08. The van der Waals surface area contributed by atoms with Crippen LogP contribution in [0.4, 0.5) is 5.69 Å². The molecule has 0 amide bonds. The second-order valence-corrected chi connectivity index (χ2v) is 3.95. The first-order valence-electron chi connectivity index (χ1n) is 3.70. The molecule has 1 rings (SSSR count). The van der Waals surface area contributed by atoms with Gasteiger partial charge in [-0.1, -0.05) is 25.9 Å². The van der Waals surface area contributed by atoms with Crippen LogP contribution >= 0.6 is 11.6 Å². The summed E-state index contributed by atoms with van der Waals surface area (Å²) in [5.74, 6) is 0. The van der Waals surface area contributed by atoms with Crippen molar-refractivity contribution in [1.29, 1.82) is 0 Å². The Labute approximate surface area is 80.6 Å². The minimum atomic E-state index is -0.258. The Morgan fingerprint density at radius 3 is 2.62 bits per heavy atom. The Hall–Kier alpha value is -1.12. The number of rotatable bonds is 1. The van der Waals surface area contributed by atoms with Gasteiger partial charge in [0, 0.05) is 5.41 Å². The van der Waals surface area contributed by atoms with E-state index in [-0.39, 0.29) is 16.3 Å². The lowest BCUT2D eigenvalue weighted by Crippen LogP contribution is -2.11. The van der Waals surface area contributed by atoms with Crippen LogP contribution in [0.1, 0.15) is 26.5 Å². The summed E-state index contributed by atoms with van der Waals surface area (Å²) in [6.45, 7) is 5.76. The van der Waals surface area contributed by atoms with Crippen LogP contribution in [0.2, 0.25) is 5.22 Å². The van der Waals surface area contributed by atoms with Gasteiger partial charge in [-0.2, -0.15) is 4.99 Å². The first-order chi connectivity index (χ1) is 5.96. The standard InChI is InChI=1S/C8H9ClN2O2/c1-8(2,3)6-5(10-4-12)7(9)13-11-6/h1-3H3. The molecule has 1 aromatic rings. The number of hydrogen-bond acceptors (Lipinski definition) is 4. The molecule has 0 bridgehead atoms. The van der Waals surface area contributed by atoms with Crippen LogP contribution in [0, 0.1) is 0 Å². The molecule has 0 saturated carbocycles. The van der Waals surface area contributed by atoms with E-state index in [2.05, 4.69) is 10.1 Å². The third-order valence-corrected chi connectivity index (χ3v) is 1.74. The van der Waals surface area contributed by atoms with Gasteiger partial charge in [0.2, 0.25) is 6.08 Å². The van der Waals surface area contributed by atoms with Crippen LogP contribution < -0.4 is 0 Å². The number of aromatic nitrogens is 1. The highest BCUT2D eigenvalue weighted by Crippen LogP contribution is 2.35. The highest BCUT2D eigenvalue weighted by molar-refractivity contribution is 6.31. The maximum atomic E-state index is 10.1. The fourth-order valence-corrected chi connectivity index (χ4v) is 1.07. The number of carbonyl (C=O) groups excluding carboxylic acids is 1. The quantitative estimate of drug-likeness (QED) is 0.517. The molecule has 0 atom stereocenters. The highest BCUT2D eigenvalue weighted by Gasteiger charge is 2.25. The van der Waals surface area contributed by atoms with Crippen LogP contribution in [0.5, 0.6) is 0 Å². The van der Waals surface area contributed by atoms with Gasteiger partial charge in [0.15, 0.2) is 5.69 Å². The predicted molar refractivity (Wildman–Crippen MR) is 48.0 cm³/mol. The molecular weight excluding hydrogens is 192 g/mol. The van der Waals surface area contributed by atoms with Crippen molar-refractivity contribution in [3.63, 3.8) is 0 Å². The van der Waals surface area contributed by atoms with Crippen molar-refractivity contribution >= 4 is 23.4 Å². The minimum Gasteiger partial charge on any atom is -0.342 e. The lowest BCUT2D eigenvalue weighted by molar-refractivity contribution is 0.394. The van der Waals surface area contributed by atoms with Gasteiger partial charge in [0.05, 0.1) is 0 Å². The largest absolute Gasteiger partial charge is 0.342 e. The van der Waals surface area contributed by atoms with Gasteiger partial charge < -0.3 is 4.52 Å². The summed E-state index contributed by atoms with van der Waals surface area (Å²) in [6.07, 6.45) is 1.41. The van der Waals surface area contributed by atoms with Crippen molar-refractivity contribution in [2.45, 2.75) is 26.2 Å². The highest BCUT2D eigenvalue weighted by atomic mass is 35.5. The molecule has 0 aliphatic rings. The molecule has 0 saturated heterocycles. The van der Waals surface area contributed by atoms with Gasteiger partial charge >= 0.3 is 0 Å². The van der Waals surface area contributed by atoms with E-state index in [0.717, 1.165) is 0 Å². The maximum Gasteiger partial charge on any atom is 0.253 e.